The van der Waals surface area contributed by atoms with Crippen molar-refractivity contribution in [3.8, 4) is 40.1 Å². The number of carbonyl (C=O) groups is 1. The third-order valence-electron chi connectivity index (χ3n) is 17.2. The van der Waals surface area contributed by atoms with Crippen LogP contribution in [0.15, 0.2) is 51.2 Å². The largest absolute Gasteiger partial charge is 0.508 e. The molecule has 1 aromatic heterocycles. The molecule has 4 saturated carbocycles. The molecule has 14 unspecified atom stereocenters. The Balaban J connectivity index is 0.000000199. The predicted molar refractivity (Wildman–Crippen MR) is 240 cm³/mol. The van der Waals surface area contributed by atoms with Gasteiger partial charge < -0.3 is 70.1 Å². The second kappa shape index (κ2) is 16.5. The molecule has 22 heteroatoms. The van der Waals surface area contributed by atoms with E-state index in [1.54, 1.807) is 26.8 Å². The van der Waals surface area contributed by atoms with E-state index < -0.39 is 108 Å². The Morgan fingerprint density at radius 1 is 0.855 bits per heavy atom. The average Bonchev–Trinajstić information content (AvgIpc) is 3.42. The molecular weight excluding hydrogens is 931 g/mol. The minimum atomic E-state index is -4.67. The Morgan fingerprint density at radius 3 is 2.14 bits per heavy atom. The molecule has 1 spiro atoms. The van der Waals surface area contributed by atoms with E-state index in [4.69, 9.17) is 31.4 Å². The first kappa shape index (κ1) is 50.8. The summed E-state index contributed by atoms with van der Waals surface area (Å²) in [6, 6.07) is 5.25. The summed E-state index contributed by atoms with van der Waals surface area (Å²) < 4.78 is 49.6. The van der Waals surface area contributed by atoms with E-state index in [0.29, 0.717) is 50.1 Å². The highest BCUT2D eigenvalue weighted by Gasteiger charge is 2.88. The first-order chi connectivity index (χ1) is 31.8. The van der Waals surface area contributed by atoms with Crippen molar-refractivity contribution in [2.45, 2.75) is 138 Å². The lowest BCUT2D eigenvalue weighted by Gasteiger charge is -2.68. The van der Waals surface area contributed by atoms with Crippen molar-refractivity contribution >= 4 is 27.3 Å². The highest BCUT2D eigenvalue weighted by atomic mass is 32.3. The maximum atomic E-state index is 12.9. The molecule has 4 aliphatic carbocycles. The highest BCUT2D eigenvalue weighted by Crippen LogP contribution is 2.78. The lowest BCUT2D eigenvalue weighted by Crippen LogP contribution is -2.85. The van der Waals surface area contributed by atoms with Gasteiger partial charge in [-0.25, -0.2) is 4.79 Å². The van der Waals surface area contributed by atoms with E-state index in [-0.39, 0.29) is 59.2 Å². The average molecular weight is 992 g/mol. The number of carbonyl (C=O) groups excluding carboxylic acids is 1. The first-order valence-corrected chi connectivity index (χ1v) is 24.3. The molecule has 4 heterocycles. The molecular formula is C47H61NO20S. The van der Waals surface area contributed by atoms with E-state index in [1.807, 2.05) is 6.92 Å². The summed E-state index contributed by atoms with van der Waals surface area (Å²) >= 11 is 0. The van der Waals surface area contributed by atoms with Crippen LogP contribution in [0.3, 0.4) is 0 Å². The number of hydrogen-bond acceptors (Lipinski definition) is 19. The summed E-state index contributed by atoms with van der Waals surface area (Å²) in [6.45, 7) is 10.1. The van der Waals surface area contributed by atoms with Crippen molar-refractivity contribution in [1.82, 2.24) is 4.90 Å². The SMILES string of the molecule is CC=C(C)C(=O)OC1CCC2(C)C3CCC4C5(O)CC(O)C6(O)C(CN7CC(C)CCC7C6(C)O)C5(O)CC42OC13O.O=S(=O)(O)O.O=c1c(O)c(-c2ccc(O)c(O)c2)oc2cc(O)cc(O)c12. The van der Waals surface area contributed by atoms with Crippen LogP contribution >= 0.6 is 0 Å². The number of phenolic OH excluding ortho intramolecular Hbond substituents is 4. The molecule has 13 N–H and O–H groups in total. The second-order valence-corrected chi connectivity index (χ2v) is 21.7. The Kier molecular flexibility index (Phi) is 12.1. The first-order valence-electron chi connectivity index (χ1n) is 22.9. The van der Waals surface area contributed by atoms with Crippen LogP contribution in [-0.2, 0) is 24.7 Å². The van der Waals surface area contributed by atoms with Crippen LogP contribution in [0.2, 0.25) is 0 Å². The van der Waals surface area contributed by atoms with Crippen LogP contribution in [0.25, 0.3) is 22.3 Å². The van der Waals surface area contributed by atoms with Gasteiger partial charge in [-0.05, 0) is 83.4 Å². The van der Waals surface area contributed by atoms with E-state index >= 15 is 0 Å². The van der Waals surface area contributed by atoms with Gasteiger partial charge in [0.05, 0.1) is 11.7 Å². The number of aliphatic hydroxyl groups is 6. The summed E-state index contributed by atoms with van der Waals surface area (Å²) in [6.07, 6.45) is 2.30. The number of phenols is 4. The maximum Gasteiger partial charge on any atom is 0.394 e. The number of hydrogen-bond donors (Lipinski definition) is 13. The molecule has 14 atom stereocenters. The van der Waals surface area contributed by atoms with Gasteiger partial charge in [0.1, 0.15) is 44.9 Å². The fourth-order valence-corrected chi connectivity index (χ4v) is 13.9. The van der Waals surface area contributed by atoms with Crippen molar-refractivity contribution in [1.29, 1.82) is 0 Å². The number of piperidine rings is 2. The van der Waals surface area contributed by atoms with Crippen molar-refractivity contribution in [2.24, 2.45) is 29.1 Å². The second-order valence-electron chi connectivity index (χ2n) is 20.8. The molecule has 3 aromatic rings. The number of aliphatic hydroxyl groups excluding tert-OH is 1. The zero-order chi connectivity index (χ0) is 51.0. The molecule has 3 saturated heterocycles. The number of aromatic hydroxyl groups is 5. The zero-order valence-corrected chi connectivity index (χ0v) is 39.4. The fraction of sp³-hybridized carbons (Fsp3) is 0.617. The normalized spacial score (nSPS) is 41.0. The third kappa shape index (κ3) is 7.35. The minimum absolute atomic E-state index is 0.0606. The van der Waals surface area contributed by atoms with Crippen LogP contribution in [0.5, 0.6) is 28.7 Å². The van der Waals surface area contributed by atoms with Gasteiger partial charge in [0, 0.05) is 78.4 Å². The van der Waals surface area contributed by atoms with Crippen molar-refractivity contribution < 1.29 is 92.4 Å². The molecule has 69 heavy (non-hydrogen) atoms. The van der Waals surface area contributed by atoms with Crippen molar-refractivity contribution in [2.75, 3.05) is 13.1 Å². The number of esters is 1. The van der Waals surface area contributed by atoms with Crippen LogP contribution in [0, 0.1) is 29.1 Å². The van der Waals surface area contributed by atoms with Gasteiger partial charge >= 0.3 is 16.4 Å². The van der Waals surface area contributed by atoms with Crippen molar-refractivity contribution in [3.63, 3.8) is 0 Å². The molecule has 3 aliphatic heterocycles. The van der Waals surface area contributed by atoms with E-state index in [0.717, 1.165) is 30.7 Å². The van der Waals surface area contributed by atoms with E-state index in [2.05, 4.69) is 11.8 Å². The summed E-state index contributed by atoms with van der Waals surface area (Å²) in [7, 11) is -4.67. The Hall–Kier alpha value is -4.59. The smallest absolute Gasteiger partial charge is 0.394 e. The van der Waals surface area contributed by atoms with Crippen molar-refractivity contribution in [3.05, 3.63) is 52.2 Å². The molecule has 10 rings (SSSR count). The third-order valence-corrected chi connectivity index (χ3v) is 17.2. The molecule has 4 bridgehead atoms. The number of fused-ring (bicyclic) bond motifs is 6. The van der Waals surface area contributed by atoms with E-state index in [9.17, 15) is 65.8 Å². The van der Waals surface area contributed by atoms with Gasteiger partial charge in [-0.1, -0.05) is 19.9 Å². The minimum Gasteiger partial charge on any atom is -0.508 e. The molecule has 0 amide bonds. The Morgan fingerprint density at radius 2 is 1.51 bits per heavy atom. The molecule has 7 fully saturated rings. The highest BCUT2D eigenvalue weighted by molar-refractivity contribution is 7.79. The predicted octanol–water partition coefficient (Wildman–Crippen LogP) is 2.33. The van der Waals surface area contributed by atoms with Gasteiger partial charge in [-0.2, -0.15) is 8.42 Å². The summed E-state index contributed by atoms with van der Waals surface area (Å²) in [5.41, 5.74) is -9.85. The van der Waals surface area contributed by atoms with Gasteiger partial charge in [0.2, 0.25) is 17.0 Å². The summed E-state index contributed by atoms with van der Waals surface area (Å²) in [5, 5.41) is 122. The van der Waals surface area contributed by atoms with Crippen LogP contribution in [-0.4, -0.2) is 150 Å². The topological polar surface area (TPSA) is 366 Å². The number of ether oxygens (including phenoxy) is 2. The summed E-state index contributed by atoms with van der Waals surface area (Å²) in [4.78, 5) is 27.0. The Labute approximate surface area is 396 Å². The standard InChI is InChI=1S/C32H49NO9.C15H10O7.H2O4S/c1-6-18(3)25(35)41-24-11-12-26(4)19-8-9-20-28(37)13-23(34)31(39)21(29(28,38)16-30(20,26)42-32(19,24)40)15-33-14-17(2)7-10-22(33)27(31,5)36;16-7-4-10(19)12-11(5-7)22-15(14(21)13(12)20)6-1-2-8(17)9(18)3-6;1-5(2,3)4/h6,17,19-24,34,36-40H,7-16H2,1-5H3;1-5,16-19,21H;(H2,1,2,3,4). The van der Waals surface area contributed by atoms with Crippen LogP contribution in [0.1, 0.15) is 86.0 Å². The maximum absolute atomic E-state index is 12.9. The van der Waals surface area contributed by atoms with Crippen LogP contribution in [0.4, 0.5) is 0 Å². The van der Waals surface area contributed by atoms with Crippen LogP contribution < -0.4 is 5.43 Å². The monoisotopic (exact) mass is 991 g/mol. The quantitative estimate of drug-likeness (QED) is 0.0775. The fourth-order valence-electron chi connectivity index (χ4n) is 13.9. The van der Waals surface area contributed by atoms with Gasteiger partial charge in [0.25, 0.3) is 0 Å². The van der Waals surface area contributed by atoms with Gasteiger partial charge in [0.15, 0.2) is 23.4 Å². The van der Waals surface area contributed by atoms with Gasteiger partial charge in [-0.15, -0.1) is 0 Å². The molecule has 0 radical (unpaired) electrons. The molecule has 7 aliphatic rings. The number of rotatable bonds is 3. The van der Waals surface area contributed by atoms with Gasteiger partial charge in [-0.3, -0.25) is 18.8 Å². The molecule has 2 aromatic carbocycles. The lowest BCUT2D eigenvalue weighted by molar-refractivity contribution is -0.354. The summed E-state index contributed by atoms with van der Waals surface area (Å²) in [5.74, 6) is -6.76. The number of allylic oxidation sites excluding steroid dienone is 1. The lowest BCUT2D eigenvalue weighted by atomic mass is 9.49. The zero-order valence-electron chi connectivity index (χ0n) is 38.6. The molecule has 380 valence electrons. The number of benzene rings is 2. The Bertz CT molecular complexity index is 2770. The number of nitrogens with zero attached hydrogens (tertiary/aromatic N) is 1. The molecule has 21 nitrogen and oxygen atoms in total. The van der Waals surface area contributed by atoms with E-state index in [1.165, 1.54) is 6.07 Å².